The third-order valence-corrected chi connectivity index (χ3v) is 4.65. The van der Waals surface area contributed by atoms with Crippen LogP contribution in [0, 0.1) is 0 Å². The fourth-order valence-electron chi connectivity index (χ4n) is 2.98. The molecule has 120 valence electrons. The van der Waals surface area contributed by atoms with E-state index in [1.54, 1.807) is 0 Å². The molecule has 23 heavy (non-hydrogen) atoms. The average Bonchev–Trinajstić information content (AvgIpc) is 2.56. The maximum absolute atomic E-state index is 11.9. The first kappa shape index (κ1) is 16.0. The molecule has 2 atom stereocenters. The molecule has 0 aliphatic carbocycles. The molecule has 3 rings (SSSR count). The molecule has 1 aliphatic heterocycles. The third-order valence-electron chi connectivity index (χ3n) is 4.16. The van der Waals surface area contributed by atoms with E-state index in [1.165, 1.54) is 7.11 Å². The summed E-state index contributed by atoms with van der Waals surface area (Å²) in [6.45, 7) is 0. The third kappa shape index (κ3) is 3.26. The summed E-state index contributed by atoms with van der Waals surface area (Å²) in [7, 11) is 1.38. The highest BCUT2D eigenvalue weighted by Crippen LogP contribution is 2.45. The topological polar surface area (TPSA) is 61.5 Å². The Balaban J connectivity index is 2.03. The van der Waals surface area contributed by atoms with Crippen LogP contribution in [-0.2, 0) is 15.1 Å². The van der Waals surface area contributed by atoms with Crippen LogP contribution in [0.4, 0.5) is 0 Å². The minimum absolute atomic E-state index is 0.111. The zero-order chi connectivity index (χ0) is 16.4. The summed E-state index contributed by atoms with van der Waals surface area (Å²) in [6, 6.07) is 15.6. The van der Waals surface area contributed by atoms with Gasteiger partial charge in [0.2, 0.25) is 0 Å². The second kappa shape index (κ2) is 6.34. The van der Waals surface area contributed by atoms with Crippen LogP contribution >= 0.6 is 15.9 Å². The molecule has 2 unspecified atom stereocenters. The Bertz CT molecular complexity index is 719. The van der Waals surface area contributed by atoms with Crippen LogP contribution < -0.4 is 10.5 Å². The Morgan fingerprint density at radius 1 is 1.35 bits per heavy atom. The number of halogens is 1. The van der Waals surface area contributed by atoms with E-state index in [0.29, 0.717) is 12.2 Å². The van der Waals surface area contributed by atoms with Gasteiger partial charge in [0.25, 0.3) is 0 Å². The number of rotatable bonds is 3. The van der Waals surface area contributed by atoms with Crippen molar-refractivity contribution in [1.29, 1.82) is 0 Å². The maximum atomic E-state index is 11.9. The van der Waals surface area contributed by atoms with E-state index < -0.39 is 5.54 Å². The molecule has 2 N–H and O–H groups in total. The first-order valence-electron chi connectivity index (χ1n) is 7.39. The number of hydrogen-bond donors (Lipinski definition) is 1. The molecule has 0 bridgehead atoms. The fourth-order valence-corrected chi connectivity index (χ4v) is 3.34. The van der Waals surface area contributed by atoms with E-state index in [0.717, 1.165) is 15.6 Å². The minimum atomic E-state index is -0.828. The number of hydrogen-bond acceptors (Lipinski definition) is 4. The van der Waals surface area contributed by atoms with Gasteiger partial charge in [0.15, 0.2) is 0 Å². The van der Waals surface area contributed by atoms with Gasteiger partial charge >= 0.3 is 5.97 Å². The summed E-state index contributed by atoms with van der Waals surface area (Å²) in [5.41, 5.74) is 7.68. The van der Waals surface area contributed by atoms with Crippen molar-refractivity contribution in [3.05, 3.63) is 64.1 Å². The van der Waals surface area contributed by atoms with Gasteiger partial charge in [-0.1, -0.05) is 46.3 Å². The summed E-state index contributed by atoms with van der Waals surface area (Å²) >= 11 is 3.46. The highest BCUT2D eigenvalue weighted by Gasteiger charge is 2.41. The van der Waals surface area contributed by atoms with Gasteiger partial charge in [-0.05, 0) is 23.8 Å². The van der Waals surface area contributed by atoms with E-state index in [9.17, 15) is 4.79 Å². The first-order valence-corrected chi connectivity index (χ1v) is 8.18. The fraction of sp³-hybridized carbons (Fsp3) is 0.278. The van der Waals surface area contributed by atoms with Gasteiger partial charge in [-0.3, -0.25) is 4.79 Å². The Labute approximate surface area is 143 Å². The molecule has 0 saturated heterocycles. The van der Waals surface area contributed by atoms with Gasteiger partial charge in [0, 0.05) is 16.5 Å². The van der Waals surface area contributed by atoms with Crippen LogP contribution in [0.25, 0.3) is 0 Å². The number of benzene rings is 2. The van der Waals surface area contributed by atoms with Crippen molar-refractivity contribution in [3.63, 3.8) is 0 Å². The lowest BCUT2D eigenvalue weighted by atomic mass is 9.79. The Kier molecular flexibility index (Phi) is 4.41. The molecule has 0 saturated carbocycles. The number of esters is 1. The molecule has 4 nitrogen and oxygen atoms in total. The van der Waals surface area contributed by atoms with Gasteiger partial charge in [-0.25, -0.2) is 0 Å². The predicted octanol–water partition coefficient (Wildman–Crippen LogP) is 3.69. The van der Waals surface area contributed by atoms with Crippen molar-refractivity contribution in [1.82, 2.24) is 0 Å². The summed E-state index contributed by atoms with van der Waals surface area (Å²) in [5.74, 6) is 0.381. The number of nitrogens with two attached hydrogens (primary N) is 1. The molecule has 0 spiro atoms. The molecular formula is C18H18BrNO3. The van der Waals surface area contributed by atoms with Gasteiger partial charge < -0.3 is 15.2 Å². The number of carbonyl (C=O) groups excluding carboxylic acids is 1. The highest BCUT2D eigenvalue weighted by molar-refractivity contribution is 9.10. The lowest BCUT2D eigenvalue weighted by Crippen LogP contribution is -2.44. The zero-order valence-electron chi connectivity index (χ0n) is 12.8. The standard InChI is InChI=1S/C18H18BrNO3/c1-22-17(21)11-18(20)10-16(12-5-3-2-4-6-12)23-15-8-7-13(19)9-14(15)18/h2-9,16H,10-11,20H2,1H3. The molecule has 2 aromatic rings. The second-order valence-electron chi connectivity index (χ2n) is 5.77. The van der Waals surface area contributed by atoms with Gasteiger partial charge in [0.1, 0.15) is 11.9 Å². The molecule has 0 radical (unpaired) electrons. The van der Waals surface area contributed by atoms with Crippen LogP contribution in [0.2, 0.25) is 0 Å². The Morgan fingerprint density at radius 2 is 2.09 bits per heavy atom. The van der Waals surface area contributed by atoms with Crippen molar-refractivity contribution < 1.29 is 14.3 Å². The van der Waals surface area contributed by atoms with Crippen molar-refractivity contribution >= 4 is 21.9 Å². The van der Waals surface area contributed by atoms with Crippen LogP contribution in [-0.4, -0.2) is 13.1 Å². The highest BCUT2D eigenvalue weighted by atomic mass is 79.9. The van der Waals surface area contributed by atoms with Crippen molar-refractivity contribution in [2.75, 3.05) is 7.11 Å². The Morgan fingerprint density at radius 3 is 2.78 bits per heavy atom. The van der Waals surface area contributed by atoms with Gasteiger partial charge in [-0.15, -0.1) is 0 Å². The summed E-state index contributed by atoms with van der Waals surface area (Å²) in [4.78, 5) is 11.9. The molecule has 2 aromatic carbocycles. The number of ether oxygens (including phenoxy) is 2. The number of carbonyl (C=O) groups is 1. The quantitative estimate of drug-likeness (QED) is 0.830. The van der Waals surface area contributed by atoms with Crippen LogP contribution in [0.15, 0.2) is 53.0 Å². The zero-order valence-corrected chi connectivity index (χ0v) is 14.4. The van der Waals surface area contributed by atoms with E-state index in [1.807, 2.05) is 48.5 Å². The monoisotopic (exact) mass is 375 g/mol. The molecule has 0 fully saturated rings. The van der Waals surface area contributed by atoms with Gasteiger partial charge in [0.05, 0.1) is 19.1 Å². The minimum Gasteiger partial charge on any atom is -0.485 e. The molecule has 0 amide bonds. The van der Waals surface area contributed by atoms with Crippen LogP contribution in [0.5, 0.6) is 5.75 Å². The largest absolute Gasteiger partial charge is 0.485 e. The van der Waals surface area contributed by atoms with E-state index in [4.69, 9.17) is 15.2 Å². The lowest BCUT2D eigenvalue weighted by molar-refractivity contribution is -0.142. The van der Waals surface area contributed by atoms with Crippen LogP contribution in [0.1, 0.15) is 30.1 Å². The SMILES string of the molecule is COC(=O)CC1(N)CC(c2ccccc2)Oc2ccc(Br)cc21. The predicted molar refractivity (Wildman–Crippen MR) is 91.1 cm³/mol. The molecule has 1 aliphatic rings. The maximum Gasteiger partial charge on any atom is 0.307 e. The van der Waals surface area contributed by atoms with Crippen molar-refractivity contribution in [2.24, 2.45) is 5.73 Å². The summed E-state index contributed by atoms with van der Waals surface area (Å²) in [5, 5.41) is 0. The lowest BCUT2D eigenvalue weighted by Gasteiger charge is -2.39. The van der Waals surface area contributed by atoms with Crippen molar-refractivity contribution in [3.8, 4) is 5.75 Å². The molecule has 1 heterocycles. The molecule has 5 heteroatoms. The van der Waals surface area contributed by atoms with E-state index >= 15 is 0 Å². The van der Waals surface area contributed by atoms with Crippen molar-refractivity contribution in [2.45, 2.75) is 24.5 Å². The molecule has 0 aromatic heterocycles. The smallest absolute Gasteiger partial charge is 0.307 e. The Hall–Kier alpha value is -1.85. The first-order chi connectivity index (χ1) is 11.0. The summed E-state index contributed by atoms with van der Waals surface area (Å²) in [6.07, 6.45) is 0.425. The van der Waals surface area contributed by atoms with Gasteiger partial charge in [-0.2, -0.15) is 0 Å². The number of methoxy groups -OCH3 is 1. The summed E-state index contributed by atoms with van der Waals surface area (Å²) < 4.78 is 11.9. The normalized spacial score (nSPS) is 22.8. The van der Waals surface area contributed by atoms with Crippen LogP contribution in [0.3, 0.4) is 0 Å². The van der Waals surface area contributed by atoms with E-state index in [-0.39, 0.29) is 18.5 Å². The average molecular weight is 376 g/mol. The van der Waals surface area contributed by atoms with E-state index in [2.05, 4.69) is 15.9 Å². The number of fused-ring (bicyclic) bond motifs is 1. The molecular weight excluding hydrogens is 358 g/mol. The second-order valence-corrected chi connectivity index (χ2v) is 6.69.